The number of rotatable bonds is 4. The van der Waals surface area contributed by atoms with Crippen molar-refractivity contribution in [3.8, 4) is 0 Å². The van der Waals surface area contributed by atoms with Crippen LogP contribution in [0, 0.1) is 6.92 Å². The molecule has 1 heterocycles. The predicted molar refractivity (Wildman–Crippen MR) is 74.7 cm³/mol. The summed E-state index contributed by atoms with van der Waals surface area (Å²) in [6, 6.07) is 2.33. The Morgan fingerprint density at radius 2 is 2.39 bits per heavy atom. The molecule has 100 valence electrons. The molecule has 1 aromatic heterocycles. The second kappa shape index (κ2) is 5.78. The van der Waals surface area contributed by atoms with Crippen molar-refractivity contribution in [2.45, 2.75) is 43.9 Å². The Morgan fingerprint density at radius 1 is 1.61 bits per heavy atom. The van der Waals surface area contributed by atoms with E-state index in [9.17, 15) is 4.79 Å². The number of aryl methyl sites for hydroxylation is 1. The van der Waals surface area contributed by atoms with Crippen molar-refractivity contribution in [1.82, 2.24) is 15.1 Å². The largest absolute Gasteiger partial charge is 0.341 e. The van der Waals surface area contributed by atoms with Crippen LogP contribution in [0.5, 0.6) is 0 Å². The zero-order valence-electron chi connectivity index (χ0n) is 11.3. The summed E-state index contributed by atoms with van der Waals surface area (Å²) >= 11 is 1.88. The molecule has 1 aromatic rings. The number of hydrogen-bond donors (Lipinski definition) is 1. The van der Waals surface area contributed by atoms with Crippen molar-refractivity contribution in [3.63, 3.8) is 0 Å². The normalized spacial score (nSPS) is 23.3. The smallest absolute Gasteiger partial charge is 0.228 e. The highest BCUT2D eigenvalue weighted by Crippen LogP contribution is 2.31. The first kappa shape index (κ1) is 13.5. The van der Waals surface area contributed by atoms with Gasteiger partial charge in [-0.2, -0.15) is 16.9 Å². The third-order valence-electron chi connectivity index (χ3n) is 3.70. The Balaban J connectivity index is 1.96. The lowest BCUT2D eigenvalue weighted by atomic mass is 10.2. The molecule has 2 atom stereocenters. The molecule has 0 unspecified atom stereocenters. The van der Waals surface area contributed by atoms with E-state index in [-0.39, 0.29) is 5.91 Å². The molecule has 4 nitrogen and oxygen atoms in total. The Hall–Kier alpha value is -0.970. The monoisotopic (exact) mass is 267 g/mol. The van der Waals surface area contributed by atoms with Crippen LogP contribution in [-0.4, -0.2) is 45.6 Å². The van der Waals surface area contributed by atoms with Crippen LogP contribution in [-0.2, 0) is 11.2 Å². The van der Waals surface area contributed by atoms with Gasteiger partial charge in [0.15, 0.2) is 0 Å². The minimum absolute atomic E-state index is 0.174. The van der Waals surface area contributed by atoms with E-state index in [1.165, 1.54) is 12.8 Å². The summed E-state index contributed by atoms with van der Waals surface area (Å²) in [4.78, 5) is 14.2. The lowest BCUT2D eigenvalue weighted by Gasteiger charge is -2.28. The standard InChI is InChI=1S/C13H21N3OS/c1-9-7-10(15-14-9)8-13(17)16(2)11-5-4-6-12(11)18-3/h7,11-12H,4-6,8H2,1-3H3,(H,14,15)/t11-,12+/m1/s1. The summed E-state index contributed by atoms with van der Waals surface area (Å²) in [5, 5.41) is 7.60. The highest BCUT2D eigenvalue weighted by Gasteiger charge is 2.32. The molecule has 1 N–H and O–H groups in total. The number of carbonyl (C=O) groups is 1. The summed E-state index contributed by atoms with van der Waals surface area (Å²) in [5.74, 6) is 0.174. The average Bonchev–Trinajstić information content (AvgIpc) is 2.96. The lowest BCUT2D eigenvalue weighted by Crippen LogP contribution is -2.41. The summed E-state index contributed by atoms with van der Waals surface area (Å²) in [6.07, 6.45) is 6.13. The van der Waals surface area contributed by atoms with Gasteiger partial charge < -0.3 is 4.90 Å². The van der Waals surface area contributed by atoms with Crippen LogP contribution >= 0.6 is 11.8 Å². The van der Waals surface area contributed by atoms with Gasteiger partial charge in [0, 0.05) is 24.0 Å². The van der Waals surface area contributed by atoms with Gasteiger partial charge in [-0.3, -0.25) is 9.89 Å². The molecule has 0 bridgehead atoms. The molecule has 0 radical (unpaired) electrons. The second-order valence-electron chi connectivity index (χ2n) is 5.00. The zero-order valence-corrected chi connectivity index (χ0v) is 12.1. The molecular weight excluding hydrogens is 246 g/mol. The highest BCUT2D eigenvalue weighted by atomic mass is 32.2. The quantitative estimate of drug-likeness (QED) is 0.908. The zero-order chi connectivity index (χ0) is 13.1. The number of aromatic nitrogens is 2. The molecule has 1 aliphatic carbocycles. The molecule has 1 fully saturated rings. The van der Waals surface area contributed by atoms with Gasteiger partial charge in [0.2, 0.25) is 5.91 Å². The highest BCUT2D eigenvalue weighted by molar-refractivity contribution is 7.99. The van der Waals surface area contributed by atoms with Crippen LogP contribution in [0.15, 0.2) is 6.07 Å². The third kappa shape index (κ3) is 2.88. The molecule has 0 spiro atoms. The van der Waals surface area contributed by atoms with Gasteiger partial charge in [-0.15, -0.1) is 0 Å². The van der Waals surface area contributed by atoms with Crippen molar-refractivity contribution >= 4 is 17.7 Å². The van der Waals surface area contributed by atoms with Gasteiger partial charge >= 0.3 is 0 Å². The van der Waals surface area contributed by atoms with Gasteiger partial charge in [0.05, 0.1) is 12.1 Å². The fraction of sp³-hybridized carbons (Fsp3) is 0.692. The van der Waals surface area contributed by atoms with Gasteiger partial charge in [-0.25, -0.2) is 0 Å². The SMILES string of the molecule is CS[C@H]1CCC[C@H]1N(C)C(=O)Cc1cc(C)[nH]n1. The number of H-pyrrole nitrogens is 1. The van der Waals surface area contributed by atoms with E-state index in [4.69, 9.17) is 0 Å². The van der Waals surface area contributed by atoms with E-state index in [1.54, 1.807) is 0 Å². The van der Waals surface area contributed by atoms with Gasteiger partial charge in [0.1, 0.15) is 0 Å². The van der Waals surface area contributed by atoms with E-state index in [0.29, 0.717) is 17.7 Å². The summed E-state index contributed by atoms with van der Waals surface area (Å²) in [5.41, 5.74) is 1.84. The van der Waals surface area contributed by atoms with Crippen LogP contribution in [0.25, 0.3) is 0 Å². The first-order chi connectivity index (χ1) is 8.61. The average molecular weight is 267 g/mol. The van der Waals surface area contributed by atoms with E-state index in [1.807, 2.05) is 36.7 Å². The van der Waals surface area contributed by atoms with Crippen LogP contribution in [0.2, 0.25) is 0 Å². The van der Waals surface area contributed by atoms with E-state index >= 15 is 0 Å². The number of aromatic amines is 1. The number of hydrogen-bond acceptors (Lipinski definition) is 3. The van der Waals surface area contributed by atoms with E-state index in [2.05, 4.69) is 16.5 Å². The Labute approximate surface area is 113 Å². The molecule has 1 amide bonds. The predicted octanol–water partition coefficient (Wildman–Crippen LogP) is 2.00. The first-order valence-electron chi connectivity index (χ1n) is 6.41. The summed E-state index contributed by atoms with van der Waals surface area (Å²) in [6.45, 7) is 1.95. The summed E-state index contributed by atoms with van der Waals surface area (Å²) in [7, 11) is 1.93. The number of likely N-dealkylation sites (N-methyl/N-ethyl adjacent to an activating group) is 1. The van der Waals surface area contributed by atoms with E-state index < -0.39 is 0 Å². The summed E-state index contributed by atoms with van der Waals surface area (Å²) < 4.78 is 0. The number of thioether (sulfide) groups is 1. The van der Waals surface area contributed by atoms with Crippen molar-refractivity contribution in [3.05, 3.63) is 17.5 Å². The lowest BCUT2D eigenvalue weighted by molar-refractivity contribution is -0.131. The number of amides is 1. The topological polar surface area (TPSA) is 49.0 Å². The van der Waals surface area contributed by atoms with Gasteiger partial charge in [-0.1, -0.05) is 6.42 Å². The Bertz CT molecular complexity index is 418. The molecule has 0 saturated heterocycles. The molecule has 5 heteroatoms. The molecule has 0 aliphatic heterocycles. The Morgan fingerprint density at radius 3 is 3.00 bits per heavy atom. The minimum Gasteiger partial charge on any atom is -0.341 e. The van der Waals surface area contributed by atoms with Gasteiger partial charge in [0.25, 0.3) is 0 Å². The van der Waals surface area contributed by atoms with E-state index in [0.717, 1.165) is 17.8 Å². The molecule has 1 saturated carbocycles. The van der Waals surface area contributed by atoms with Crippen LogP contribution in [0.3, 0.4) is 0 Å². The number of nitrogens with one attached hydrogen (secondary N) is 1. The van der Waals surface area contributed by atoms with Crippen LogP contribution < -0.4 is 0 Å². The second-order valence-corrected chi connectivity index (χ2v) is 6.07. The molecule has 2 rings (SSSR count). The van der Waals surface area contributed by atoms with Crippen molar-refractivity contribution in [1.29, 1.82) is 0 Å². The fourth-order valence-corrected chi connectivity index (χ4v) is 3.69. The maximum absolute atomic E-state index is 12.2. The number of nitrogens with zero attached hydrogens (tertiary/aromatic N) is 2. The van der Waals surface area contributed by atoms with Crippen molar-refractivity contribution in [2.75, 3.05) is 13.3 Å². The van der Waals surface area contributed by atoms with Crippen LogP contribution in [0.1, 0.15) is 30.7 Å². The van der Waals surface area contributed by atoms with Crippen LogP contribution in [0.4, 0.5) is 0 Å². The van der Waals surface area contributed by atoms with Gasteiger partial charge in [-0.05, 0) is 32.1 Å². The fourth-order valence-electron chi connectivity index (χ4n) is 2.65. The van der Waals surface area contributed by atoms with Crippen molar-refractivity contribution in [2.24, 2.45) is 0 Å². The Kier molecular flexibility index (Phi) is 4.32. The van der Waals surface area contributed by atoms with Crippen molar-refractivity contribution < 1.29 is 4.79 Å². The maximum atomic E-state index is 12.2. The minimum atomic E-state index is 0.174. The first-order valence-corrected chi connectivity index (χ1v) is 7.70. The molecule has 1 aliphatic rings. The maximum Gasteiger partial charge on any atom is 0.228 e. The molecule has 18 heavy (non-hydrogen) atoms. The number of carbonyl (C=O) groups excluding carboxylic acids is 1. The molecule has 0 aromatic carbocycles. The molecular formula is C13H21N3OS. The third-order valence-corrected chi connectivity index (χ3v) is 4.86.